The van der Waals surface area contributed by atoms with E-state index in [2.05, 4.69) is 20.9 Å². The molecule has 18 heavy (non-hydrogen) atoms. The van der Waals surface area contributed by atoms with Crippen LogP contribution in [0.3, 0.4) is 0 Å². The molecule has 1 heterocycles. The zero-order valence-corrected chi connectivity index (χ0v) is 12.0. The first-order valence-corrected chi connectivity index (χ1v) is 6.57. The minimum Gasteiger partial charge on any atom is -0.294 e. The van der Waals surface area contributed by atoms with Crippen LogP contribution >= 0.6 is 15.9 Å². The summed E-state index contributed by atoms with van der Waals surface area (Å²) in [4.78, 5) is 16.5. The summed E-state index contributed by atoms with van der Waals surface area (Å²) in [7, 11) is 0. The van der Waals surface area contributed by atoms with Crippen LogP contribution < -0.4 is 0 Å². The summed E-state index contributed by atoms with van der Waals surface area (Å²) < 4.78 is 0.992. The molecule has 0 unspecified atom stereocenters. The lowest BCUT2D eigenvalue weighted by Crippen LogP contribution is -2.07. The maximum Gasteiger partial charge on any atom is 0.169 e. The smallest absolute Gasteiger partial charge is 0.169 e. The fourth-order valence-electron chi connectivity index (χ4n) is 1.91. The van der Waals surface area contributed by atoms with Gasteiger partial charge in [-0.3, -0.25) is 9.78 Å². The van der Waals surface area contributed by atoms with Crippen LogP contribution in [0.4, 0.5) is 0 Å². The van der Waals surface area contributed by atoms with Crippen LogP contribution in [0, 0.1) is 13.8 Å². The van der Waals surface area contributed by atoms with E-state index in [0.29, 0.717) is 12.0 Å². The van der Waals surface area contributed by atoms with Crippen molar-refractivity contribution in [2.75, 3.05) is 0 Å². The van der Waals surface area contributed by atoms with E-state index in [0.717, 1.165) is 21.4 Å². The maximum atomic E-state index is 12.2. The summed E-state index contributed by atoms with van der Waals surface area (Å²) in [6.07, 6.45) is 0.408. The van der Waals surface area contributed by atoms with Crippen molar-refractivity contribution in [1.82, 2.24) is 4.98 Å². The van der Waals surface area contributed by atoms with E-state index in [4.69, 9.17) is 0 Å². The fraction of sp³-hybridized carbons (Fsp3) is 0.200. The van der Waals surface area contributed by atoms with E-state index in [1.54, 1.807) is 0 Å². The Hall–Kier alpha value is -1.48. The zero-order chi connectivity index (χ0) is 13.1. The number of carbonyl (C=O) groups excluding carboxylic acids is 1. The molecule has 2 aromatic rings. The number of hydrogen-bond acceptors (Lipinski definition) is 2. The molecule has 0 radical (unpaired) electrons. The Morgan fingerprint density at radius 3 is 2.67 bits per heavy atom. The SMILES string of the molecule is Cc1ccc(C(=O)Cc2cccc(Br)c2)c(C)n1. The normalized spacial score (nSPS) is 10.4. The molecule has 0 aliphatic carbocycles. The summed E-state index contributed by atoms with van der Waals surface area (Å²) in [6, 6.07) is 11.5. The van der Waals surface area contributed by atoms with Crippen molar-refractivity contribution in [2.45, 2.75) is 20.3 Å². The van der Waals surface area contributed by atoms with Crippen LogP contribution in [0.25, 0.3) is 0 Å². The summed E-state index contributed by atoms with van der Waals surface area (Å²) in [5.41, 5.74) is 3.46. The molecule has 2 nitrogen and oxygen atoms in total. The average molecular weight is 304 g/mol. The molecule has 0 aliphatic rings. The van der Waals surface area contributed by atoms with Gasteiger partial charge in [-0.05, 0) is 43.7 Å². The Labute approximate surface area is 115 Å². The third kappa shape index (κ3) is 3.05. The second-order valence-corrected chi connectivity index (χ2v) is 5.23. The molecule has 0 fully saturated rings. The van der Waals surface area contributed by atoms with Gasteiger partial charge in [0.05, 0.1) is 0 Å². The Morgan fingerprint density at radius 2 is 2.00 bits per heavy atom. The van der Waals surface area contributed by atoms with Gasteiger partial charge in [-0.15, -0.1) is 0 Å². The Morgan fingerprint density at radius 1 is 1.22 bits per heavy atom. The van der Waals surface area contributed by atoms with E-state index < -0.39 is 0 Å². The molecule has 0 atom stereocenters. The first-order chi connectivity index (χ1) is 8.56. The minimum atomic E-state index is 0.109. The molecule has 0 saturated carbocycles. The molecule has 2 rings (SSSR count). The van der Waals surface area contributed by atoms with Crippen molar-refractivity contribution in [2.24, 2.45) is 0 Å². The number of hydrogen-bond donors (Lipinski definition) is 0. The topological polar surface area (TPSA) is 30.0 Å². The van der Waals surface area contributed by atoms with Crippen LogP contribution in [0.1, 0.15) is 27.3 Å². The van der Waals surface area contributed by atoms with Gasteiger partial charge in [-0.1, -0.05) is 28.1 Å². The molecule has 92 valence electrons. The van der Waals surface area contributed by atoms with Crippen LogP contribution in [0.2, 0.25) is 0 Å². The zero-order valence-electron chi connectivity index (χ0n) is 10.4. The Balaban J connectivity index is 2.22. The van der Waals surface area contributed by atoms with Crippen molar-refractivity contribution in [1.29, 1.82) is 0 Å². The third-order valence-corrected chi connectivity index (χ3v) is 3.27. The van der Waals surface area contributed by atoms with Crippen LogP contribution in [-0.4, -0.2) is 10.8 Å². The van der Waals surface area contributed by atoms with Crippen LogP contribution in [0.5, 0.6) is 0 Å². The molecule has 0 aliphatic heterocycles. The molecule has 3 heteroatoms. The van der Waals surface area contributed by atoms with E-state index in [9.17, 15) is 4.79 Å². The molecule has 1 aromatic heterocycles. The monoisotopic (exact) mass is 303 g/mol. The summed E-state index contributed by atoms with van der Waals surface area (Å²) in [6.45, 7) is 3.80. The lowest BCUT2D eigenvalue weighted by molar-refractivity contribution is 0.0992. The number of rotatable bonds is 3. The van der Waals surface area contributed by atoms with Gasteiger partial charge in [0.15, 0.2) is 5.78 Å². The first-order valence-electron chi connectivity index (χ1n) is 5.78. The van der Waals surface area contributed by atoms with Crippen molar-refractivity contribution >= 4 is 21.7 Å². The van der Waals surface area contributed by atoms with Crippen LogP contribution in [-0.2, 0) is 6.42 Å². The van der Waals surface area contributed by atoms with Gasteiger partial charge in [0.2, 0.25) is 0 Å². The number of halogens is 1. The maximum absolute atomic E-state index is 12.2. The number of nitrogens with zero attached hydrogens (tertiary/aromatic N) is 1. The second-order valence-electron chi connectivity index (χ2n) is 4.32. The Kier molecular flexibility index (Phi) is 3.92. The number of carbonyl (C=O) groups is 1. The van der Waals surface area contributed by atoms with E-state index >= 15 is 0 Å². The number of aromatic nitrogens is 1. The molecule has 0 bridgehead atoms. The third-order valence-electron chi connectivity index (χ3n) is 2.78. The van der Waals surface area contributed by atoms with Crippen LogP contribution in [0.15, 0.2) is 40.9 Å². The number of ketones is 1. The minimum absolute atomic E-state index is 0.109. The fourth-order valence-corrected chi connectivity index (χ4v) is 2.36. The number of benzene rings is 1. The highest BCUT2D eigenvalue weighted by atomic mass is 79.9. The quantitative estimate of drug-likeness (QED) is 0.805. The van der Waals surface area contributed by atoms with Crippen molar-refractivity contribution in [3.8, 4) is 0 Å². The van der Waals surface area contributed by atoms with Gasteiger partial charge >= 0.3 is 0 Å². The highest BCUT2D eigenvalue weighted by molar-refractivity contribution is 9.10. The standard InChI is InChI=1S/C15H14BrNO/c1-10-6-7-14(11(2)17-10)15(18)9-12-4-3-5-13(16)8-12/h3-8H,9H2,1-2H3. The number of aryl methyl sites for hydroxylation is 2. The first kappa shape index (κ1) is 13.0. The van der Waals surface area contributed by atoms with E-state index in [1.807, 2.05) is 50.2 Å². The second kappa shape index (κ2) is 5.44. The largest absolute Gasteiger partial charge is 0.294 e. The van der Waals surface area contributed by atoms with Gasteiger partial charge in [-0.25, -0.2) is 0 Å². The predicted molar refractivity (Wildman–Crippen MR) is 75.9 cm³/mol. The average Bonchev–Trinajstić information content (AvgIpc) is 2.28. The van der Waals surface area contributed by atoms with Gasteiger partial charge < -0.3 is 0 Å². The summed E-state index contributed by atoms with van der Waals surface area (Å²) in [5.74, 6) is 0.109. The van der Waals surface area contributed by atoms with Gasteiger partial charge in [0.25, 0.3) is 0 Å². The summed E-state index contributed by atoms with van der Waals surface area (Å²) >= 11 is 3.41. The van der Waals surface area contributed by atoms with Gasteiger partial charge in [-0.2, -0.15) is 0 Å². The lowest BCUT2D eigenvalue weighted by atomic mass is 10.0. The summed E-state index contributed by atoms with van der Waals surface area (Å²) in [5, 5.41) is 0. The molecule has 0 amide bonds. The highest BCUT2D eigenvalue weighted by Gasteiger charge is 2.11. The molecular formula is C15H14BrNO. The van der Waals surface area contributed by atoms with Gasteiger partial charge in [0, 0.05) is 27.8 Å². The molecule has 0 spiro atoms. The molecule has 0 saturated heterocycles. The van der Waals surface area contributed by atoms with E-state index in [1.165, 1.54) is 0 Å². The molecular weight excluding hydrogens is 290 g/mol. The van der Waals surface area contributed by atoms with Crippen molar-refractivity contribution in [3.63, 3.8) is 0 Å². The molecule has 1 aromatic carbocycles. The molecule has 0 N–H and O–H groups in total. The lowest BCUT2D eigenvalue weighted by Gasteiger charge is -2.05. The van der Waals surface area contributed by atoms with Gasteiger partial charge in [0.1, 0.15) is 0 Å². The number of pyridine rings is 1. The predicted octanol–water partition coefficient (Wildman–Crippen LogP) is 3.89. The number of Topliss-reactive ketones (excluding diaryl/α,β-unsaturated/α-hetero) is 1. The van der Waals surface area contributed by atoms with E-state index in [-0.39, 0.29) is 5.78 Å². The Bertz CT molecular complexity index is 593. The van der Waals surface area contributed by atoms with Crippen molar-refractivity contribution in [3.05, 3.63) is 63.4 Å². The van der Waals surface area contributed by atoms with Crippen molar-refractivity contribution < 1.29 is 4.79 Å². The highest BCUT2D eigenvalue weighted by Crippen LogP contribution is 2.15.